The first-order valence-electron chi connectivity index (χ1n) is 12.4. The summed E-state index contributed by atoms with van der Waals surface area (Å²) in [5, 5.41) is 16.0. The first-order valence-corrected chi connectivity index (χ1v) is 12.4. The van der Waals surface area contributed by atoms with Crippen LogP contribution in [0.25, 0.3) is 10.9 Å². The Morgan fingerprint density at radius 1 is 1.08 bits per heavy atom. The number of hydrogen-bond acceptors (Lipinski definition) is 7. The molecule has 0 bridgehead atoms. The molecule has 1 aromatic carbocycles. The number of esters is 1. The largest absolute Gasteiger partial charge is 0.464 e. The van der Waals surface area contributed by atoms with Crippen LogP contribution in [0.2, 0.25) is 0 Å². The second-order valence-corrected chi connectivity index (χ2v) is 9.10. The molecule has 3 atom stereocenters. The van der Waals surface area contributed by atoms with Crippen LogP contribution in [0.5, 0.6) is 0 Å². The molecule has 11 heteroatoms. The lowest BCUT2D eigenvalue weighted by Gasteiger charge is -2.24. The van der Waals surface area contributed by atoms with Crippen LogP contribution in [0.4, 0.5) is 0 Å². The number of Topliss-reactive ketones (excluding diaryl/α,β-unsaturated/α-hetero) is 1. The highest BCUT2D eigenvalue weighted by Crippen LogP contribution is 2.33. The average Bonchev–Trinajstić information content (AvgIpc) is 3.64. The molecule has 1 saturated carbocycles. The van der Waals surface area contributed by atoms with Gasteiger partial charge in [-0.05, 0) is 43.7 Å². The number of aromatic nitrogens is 1. The fraction of sp³-hybridized carbons (Fsp3) is 0.462. The number of para-hydroxylation sites is 1. The summed E-state index contributed by atoms with van der Waals surface area (Å²) in [5.41, 5.74) is 1.69. The highest BCUT2D eigenvalue weighted by Gasteiger charge is 2.39. The monoisotopic (exact) mass is 511 g/mol. The van der Waals surface area contributed by atoms with E-state index in [0.717, 1.165) is 29.3 Å². The SMILES string of the molecule is CCOC(=O)C(NC(=O)[C@H](CCC(=O)C=N)NC(=O)[C@H](Cc1c[nH]c2ccccc12)NC(C)=O)C1CC1. The summed E-state index contributed by atoms with van der Waals surface area (Å²) < 4.78 is 5.08. The average molecular weight is 512 g/mol. The zero-order chi connectivity index (χ0) is 26.9. The minimum atomic E-state index is -1.16. The normalized spacial score (nSPS) is 15.2. The van der Waals surface area contributed by atoms with Crippen molar-refractivity contribution in [2.45, 2.75) is 64.1 Å². The Morgan fingerprint density at radius 2 is 1.78 bits per heavy atom. The van der Waals surface area contributed by atoms with Gasteiger partial charge < -0.3 is 31.1 Å². The van der Waals surface area contributed by atoms with E-state index < -0.39 is 47.6 Å². The molecule has 11 nitrogen and oxygen atoms in total. The third-order valence-electron chi connectivity index (χ3n) is 6.20. The minimum Gasteiger partial charge on any atom is -0.464 e. The molecule has 3 amide bonds. The van der Waals surface area contributed by atoms with E-state index in [-0.39, 0.29) is 31.8 Å². The van der Waals surface area contributed by atoms with Gasteiger partial charge in [-0.3, -0.25) is 19.2 Å². The maximum atomic E-state index is 13.3. The van der Waals surface area contributed by atoms with Crippen molar-refractivity contribution in [2.24, 2.45) is 5.92 Å². The highest BCUT2D eigenvalue weighted by atomic mass is 16.5. The maximum Gasteiger partial charge on any atom is 0.328 e. The molecule has 198 valence electrons. The molecule has 1 fully saturated rings. The van der Waals surface area contributed by atoms with E-state index in [1.807, 2.05) is 24.3 Å². The van der Waals surface area contributed by atoms with Gasteiger partial charge >= 0.3 is 5.97 Å². The summed E-state index contributed by atoms with van der Waals surface area (Å²) >= 11 is 0. The van der Waals surface area contributed by atoms with E-state index in [0.29, 0.717) is 6.21 Å². The van der Waals surface area contributed by atoms with E-state index in [9.17, 15) is 24.0 Å². The number of rotatable bonds is 14. The van der Waals surface area contributed by atoms with Gasteiger partial charge in [-0.1, -0.05) is 18.2 Å². The van der Waals surface area contributed by atoms with E-state index in [2.05, 4.69) is 20.9 Å². The summed E-state index contributed by atoms with van der Waals surface area (Å²) in [5.74, 6) is -2.76. The number of hydrogen-bond donors (Lipinski definition) is 5. The van der Waals surface area contributed by atoms with E-state index in [4.69, 9.17) is 10.1 Å². The van der Waals surface area contributed by atoms with Crippen LogP contribution in [0, 0.1) is 11.3 Å². The molecule has 37 heavy (non-hydrogen) atoms. The van der Waals surface area contributed by atoms with Gasteiger partial charge in [0.2, 0.25) is 17.7 Å². The van der Waals surface area contributed by atoms with E-state index >= 15 is 0 Å². The second kappa shape index (κ2) is 12.8. The lowest BCUT2D eigenvalue weighted by Crippen LogP contribution is -2.56. The van der Waals surface area contributed by atoms with Gasteiger partial charge in [0.1, 0.15) is 18.1 Å². The smallest absolute Gasteiger partial charge is 0.328 e. The molecule has 1 heterocycles. The quantitative estimate of drug-likeness (QED) is 0.188. The third kappa shape index (κ3) is 7.73. The summed E-state index contributed by atoms with van der Waals surface area (Å²) in [6, 6.07) is 4.55. The number of H-pyrrole nitrogens is 1. The standard InChI is InChI=1S/C26H33N5O6/c1-3-37-26(36)23(16-8-9-16)31-24(34)21(11-10-18(33)13-27)30-25(35)22(29-15(2)32)12-17-14-28-20-7-5-4-6-19(17)20/h4-7,13-14,16,21-23,27-28H,3,8-12H2,1-2H3,(H,29,32)(H,30,35)(H,31,34)/t21-,22-,23?/m0/s1. The highest BCUT2D eigenvalue weighted by molar-refractivity contribution is 6.26. The van der Waals surface area contributed by atoms with Crippen LogP contribution in [0.15, 0.2) is 30.5 Å². The summed E-state index contributed by atoms with van der Waals surface area (Å²) in [7, 11) is 0. The molecule has 2 aromatic rings. The third-order valence-corrected chi connectivity index (χ3v) is 6.20. The van der Waals surface area contributed by atoms with Crippen molar-refractivity contribution >= 4 is 46.6 Å². The summed E-state index contributed by atoms with van der Waals surface area (Å²) in [6.45, 7) is 3.13. The number of nitrogens with one attached hydrogen (secondary N) is 5. The lowest BCUT2D eigenvalue weighted by atomic mass is 10.0. The summed E-state index contributed by atoms with van der Waals surface area (Å²) in [6.07, 6.45) is 3.88. The molecular weight excluding hydrogens is 478 g/mol. The minimum absolute atomic E-state index is 0.0449. The van der Waals surface area contributed by atoms with Gasteiger partial charge in [-0.2, -0.15) is 0 Å². The molecule has 1 aliphatic rings. The van der Waals surface area contributed by atoms with Crippen molar-refractivity contribution in [2.75, 3.05) is 6.61 Å². The Balaban J connectivity index is 1.77. The van der Waals surface area contributed by atoms with E-state index in [1.165, 1.54) is 6.92 Å². The van der Waals surface area contributed by atoms with Crippen LogP contribution < -0.4 is 16.0 Å². The number of carbonyl (C=O) groups excluding carboxylic acids is 5. The van der Waals surface area contributed by atoms with Gasteiger partial charge in [-0.25, -0.2) is 4.79 Å². The van der Waals surface area contributed by atoms with Crippen LogP contribution >= 0.6 is 0 Å². The van der Waals surface area contributed by atoms with Crippen LogP contribution in [0.3, 0.4) is 0 Å². The van der Waals surface area contributed by atoms with Crippen molar-refractivity contribution in [3.8, 4) is 0 Å². The fourth-order valence-electron chi connectivity index (χ4n) is 4.16. The van der Waals surface area contributed by atoms with Crippen molar-refractivity contribution < 1.29 is 28.7 Å². The number of carbonyl (C=O) groups is 5. The Hall–Kier alpha value is -4.02. The van der Waals surface area contributed by atoms with Crippen molar-refractivity contribution in [1.82, 2.24) is 20.9 Å². The van der Waals surface area contributed by atoms with Gasteiger partial charge in [0.05, 0.1) is 12.8 Å². The first kappa shape index (κ1) is 27.6. The van der Waals surface area contributed by atoms with E-state index in [1.54, 1.807) is 13.1 Å². The molecule has 1 aliphatic carbocycles. The Kier molecular flexibility index (Phi) is 9.53. The van der Waals surface area contributed by atoms with Gasteiger partial charge in [-0.15, -0.1) is 0 Å². The molecule has 3 rings (SSSR count). The number of amides is 3. The fourth-order valence-corrected chi connectivity index (χ4v) is 4.16. The zero-order valence-electron chi connectivity index (χ0n) is 21.0. The van der Waals surface area contributed by atoms with Crippen LogP contribution in [-0.4, -0.2) is 65.4 Å². The molecule has 5 N–H and O–H groups in total. The number of ketones is 1. The first-order chi connectivity index (χ1) is 17.7. The molecule has 0 spiro atoms. The Labute approximate surface area is 214 Å². The molecule has 1 unspecified atom stereocenters. The van der Waals surface area contributed by atoms with Gasteiger partial charge in [0.15, 0.2) is 5.78 Å². The maximum absolute atomic E-state index is 13.3. The predicted octanol–water partition coefficient (Wildman–Crippen LogP) is 1.16. The number of ether oxygens (including phenoxy) is 1. The zero-order valence-corrected chi connectivity index (χ0v) is 21.0. The lowest BCUT2D eigenvalue weighted by molar-refractivity contribution is -0.148. The van der Waals surface area contributed by atoms with Gasteiger partial charge in [0.25, 0.3) is 0 Å². The van der Waals surface area contributed by atoms with Crippen LogP contribution in [-0.2, 0) is 35.1 Å². The molecule has 1 aromatic heterocycles. The summed E-state index contributed by atoms with van der Waals surface area (Å²) in [4.78, 5) is 65.6. The number of fused-ring (bicyclic) bond motifs is 1. The van der Waals surface area contributed by atoms with Crippen LogP contribution in [0.1, 0.15) is 45.1 Å². The molecule has 0 saturated heterocycles. The Morgan fingerprint density at radius 3 is 2.43 bits per heavy atom. The second-order valence-electron chi connectivity index (χ2n) is 9.10. The molecular formula is C26H33N5O6. The van der Waals surface area contributed by atoms with Crippen molar-refractivity contribution in [3.05, 3.63) is 36.0 Å². The van der Waals surface area contributed by atoms with Crippen molar-refractivity contribution in [1.29, 1.82) is 5.41 Å². The topological polar surface area (TPSA) is 170 Å². The van der Waals surface area contributed by atoms with Gasteiger partial charge in [0, 0.05) is 36.9 Å². The number of aromatic amines is 1. The molecule has 0 aliphatic heterocycles. The number of benzene rings is 1. The predicted molar refractivity (Wildman–Crippen MR) is 136 cm³/mol. The van der Waals surface area contributed by atoms with Crippen molar-refractivity contribution in [3.63, 3.8) is 0 Å². The molecule has 0 radical (unpaired) electrons. The Bertz CT molecular complexity index is 1170.